The van der Waals surface area contributed by atoms with Gasteiger partial charge in [0.05, 0.1) is 6.61 Å². The molecule has 0 radical (unpaired) electrons. The van der Waals surface area contributed by atoms with Crippen molar-refractivity contribution < 1.29 is 4.74 Å². The third-order valence-corrected chi connectivity index (χ3v) is 3.22. The van der Waals surface area contributed by atoms with Gasteiger partial charge in [0.15, 0.2) is 0 Å². The maximum absolute atomic E-state index is 5.39. The smallest absolute Gasteiger partial charge is 0.218 e. The van der Waals surface area contributed by atoms with E-state index in [9.17, 15) is 0 Å². The van der Waals surface area contributed by atoms with Crippen molar-refractivity contribution in [2.45, 2.75) is 32.2 Å². The summed E-state index contributed by atoms with van der Waals surface area (Å²) in [6.45, 7) is 4.69. The van der Waals surface area contributed by atoms with Crippen LogP contribution in [0.5, 0.6) is 5.88 Å². The Balaban J connectivity index is 1.94. The molecule has 1 atom stereocenters. The molecule has 1 aliphatic heterocycles. The number of aromatic nitrogens is 2. The van der Waals surface area contributed by atoms with E-state index in [2.05, 4.69) is 27.2 Å². The number of hydrogen-bond donors (Lipinski definition) is 1. The molecule has 0 amide bonds. The fraction of sp³-hybridized carbons (Fsp3) is 0.692. The van der Waals surface area contributed by atoms with E-state index in [-0.39, 0.29) is 0 Å². The van der Waals surface area contributed by atoms with E-state index in [1.54, 1.807) is 6.33 Å². The molecule has 1 aromatic heterocycles. The Hall–Kier alpha value is -1.36. The van der Waals surface area contributed by atoms with Crippen LogP contribution in [-0.2, 0) is 0 Å². The molecular weight excluding hydrogens is 228 g/mol. The minimum Gasteiger partial charge on any atom is -0.478 e. The Morgan fingerprint density at radius 3 is 3.06 bits per heavy atom. The Labute approximate surface area is 109 Å². The van der Waals surface area contributed by atoms with Crippen molar-refractivity contribution in [3.05, 3.63) is 12.4 Å². The molecule has 2 rings (SSSR count). The zero-order valence-electron chi connectivity index (χ0n) is 11.2. The molecule has 2 heterocycles. The van der Waals surface area contributed by atoms with Crippen LogP contribution in [0.15, 0.2) is 12.4 Å². The van der Waals surface area contributed by atoms with Gasteiger partial charge in [-0.15, -0.1) is 0 Å². The third-order valence-electron chi connectivity index (χ3n) is 3.22. The maximum atomic E-state index is 5.39. The van der Waals surface area contributed by atoms with Gasteiger partial charge >= 0.3 is 0 Å². The van der Waals surface area contributed by atoms with Crippen molar-refractivity contribution in [1.82, 2.24) is 15.3 Å². The zero-order chi connectivity index (χ0) is 12.8. The first-order valence-corrected chi connectivity index (χ1v) is 6.69. The summed E-state index contributed by atoms with van der Waals surface area (Å²) in [5, 5.41) is 3.54. The molecule has 5 heteroatoms. The molecule has 1 aromatic rings. The molecule has 5 nitrogen and oxygen atoms in total. The summed E-state index contributed by atoms with van der Waals surface area (Å²) in [5.74, 6) is 1.56. The van der Waals surface area contributed by atoms with Crippen molar-refractivity contribution in [3.8, 4) is 5.88 Å². The van der Waals surface area contributed by atoms with Crippen LogP contribution in [0.4, 0.5) is 5.82 Å². The average Bonchev–Trinajstić information content (AvgIpc) is 2.40. The van der Waals surface area contributed by atoms with Gasteiger partial charge in [0, 0.05) is 25.7 Å². The summed E-state index contributed by atoms with van der Waals surface area (Å²) in [6, 6.07) is 2.46. The summed E-state index contributed by atoms with van der Waals surface area (Å²) in [5.41, 5.74) is 0. The molecular formula is C13H22N4O. The maximum Gasteiger partial charge on any atom is 0.218 e. The lowest BCUT2D eigenvalue weighted by atomic mass is 10.0. The molecule has 0 spiro atoms. The molecule has 1 saturated heterocycles. The predicted molar refractivity (Wildman–Crippen MR) is 72.1 cm³/mol. The second kappa shape index (κ2) is 6.54. The van der Waals surface area contributed by atoms with Gasteiger partial charge in [-0.3, -0.25) is 0 Å². The van der Waals surface area contributed by atoms with Crippen LogP contribution in [0.3, 0.4) is 0 Å². The Bertz CT molecular complexity index is 366. The number of piperidine rings is 1. The van der Waals surface area contributed by atoms with E-state index in [1.807, 2.05) is 13.0 Å². The monoisotopic (exact) mass is 250 g/mol. The highest BCUT2D eigenvalue weighted by molar-refractivity contribution is 5.40. The van der Waals surface area contributed by atoms with Gasteiger partial charge in [0.1, 0.15) is 12.1 Å². The summed E-state index contributed by atoms with van der Waals surface area (Å²) >= 11 is 0. The van der Waals surface area contributed by atoms with Crippen LogP contribution in [0.25, 0.3) is 0 Å². The number of ether oxygens (including phenoxy) is 1. The lowest BCUT2D eigenvalue weighted by Gasteiger charge is -2.28. The molecule has 18 heavy (non-hydrogen) atoms. The standard InChI is InChI=1S/C13H22N4O/c1-3-18-13-8-12(15-10-16-13)17(2)9-11-6-4-5-7-14-11/h8,10-11,14H,3-7,9H2,1-2H3. The number of likely N-dealkylation sites (N-methyl/N-ethyl adjacent to an activating group) is 1. The van der Waals surface area contributed by atoms with Gasteiger partial charge < -0.3 is 15.0 Å². The molecule has 1 unspecified atom stereocenters. The average molecular weight is 250 g/mol. The third kappa shape index (κ3) is 3.57. The highest BCUT2D eigenvalue weighted by atomic mass is 16.5. The van der Waals surface area contributed by atoms with Crippen LogP contribution in [-0.4, -0.2) is 42.8 Å². The first kappa shape index (κ1) is 13.1. The Kier molecular flexibility index (Phi) is 4.75. The van der Waals surface area contributed by atoms with E-state index >= 15 is 0 Å². The summed E-state index contributed by atoms with van der Waals surface area (Å²) in [7, 11) is 2.06. The molecule has 0 bridgehead atoms. The van der Waals surface area contributed by atoms with Crippen molar-refractivity contribution in [3.63, 3.8) is 0 Å². The summed E-state index contributed by atoms with van der Waals surface area (Å²) in [4.78, 5) is 10.5. The summed E-state index contributed by atoms with van der Waals surface area (Å²) in [6.07, 6.45) is 5.42. The molecule has 1 fully saturated rings. The lowest BCUT2D eigenvalue weighted by molar-refractivity contribution is 0.326. The second-order valence-electron chi connectivity index (χ2n) is 4.67. The van der Waals surface area contributed by atoms with Gasteiger partial charge in [0.25, 0.3) is 0 Å². The molecule has 100 valence electrons. The fourth-order valence-electron chi connectivity index (χ4n) is 2.27. The van der Waals surface area contributed by atoms with Gasteiger partial charge in [-0.25, -0.2) is 9.97 Å². The number of rotatable bonds is 5. The molecule has 1 aliphatic rings. The number of anilines is 1. The van der Waals surface area contributed by atoms with Gasteiger partial charge in [-0.05, 0) is 26.3 Å². The molecule has 0 aliphatic carbocycles. The van der Waals surface area contributed by atoms with E-state index < -0.39 is 0 Å². The largest absolute Gasteiger partial charge is 0.478 e. The van der Waals surface area contributed by atoms with Crippen LogP contribution >= 0.6 is 0 Å². The second-order valence-corrected chi connectivity index (χ2v) is 4.67. The number of nitrogens with one attached hydrogen (secondary N) is 1. The van der Waals surface area contributed by atoms with Gasteiger partial charge in [0.2, 0.25) is 5.88 Å². The normalized spacial score (nSPS) is 19.6. The van der Waals surface area contributed by atoms with Crippen molar-refractivity contribution in [1.29, 1.82) is 0 Å². The molecule has 1 N–H and O–H groups in total. The van der Waals surface area contributed by atoms with E-state index in [1.165, 1.54) is 19.3 Å². The van der Waals surface area contributed by atoms with Crippen LogP contribution < -0.4 is 15.0 Å². The zero-order valence-corrected chi connectivity index (χ0v) is 11.2. The first-order valence-electron chi connectivity index (χ1n) is 6.69. The fourth-order valence-corrected chi connectivity index (χ4v) is 2.27. The van der Waals surface area contributed by atoms with E-state index in [0.29, 0.717) is 18.5 Å². The highest BCUT2D eigenvalue weighted by Gasteiger charge is 2.15. The number of nitrogens with zero attached hydrogens (tertiary/aromatic N) is 3. The van der Waals surface area contributed by atoms with Crippen LogP contribution in [0.1, 0.15) is 26.2 Å². The summed E-state index contributed by atoms with van der Waals surface area (Å²) < 4.78 is 5.39. The SMILES string of the molecule is CCOc1cc(N(C)CC2CCCCN2)ncn1. The van der Waals surface area contributed by atoms with Crippen molar-refractivity contribution >= 4 is 5.82 Å². The highest BCUT2D eigenvalue weighted by Crippen LogP contribution is 2.16. The minimum atomic E-state index is 0.564. The topological polar surface area (TPSA) is 50.3 Å². The van der Waals surface area contributed by atoms with Gasteiger partial charge in [-0.2, -0.15) is 0 Å². The first-order chi connectivity index (χ1) is 8.79. The van der Waals surface area contributed by atoms with Crippen molar-refractivity contribution in [2.75, 3.05) is 31.6 Å². The van der Waals surface area contributed by atoms with Crippen molar-refractivity contribution in [2.24, 2.45) is 0 Å². The minimum absolute atomic E-state index is 0.564. The quantitative estimate of drug-likeness (QED) is 0.857. The number of hydrogen-bond acceptors (Lipinski definition) is 5. The molecule has 0 aromatic carbocycles. The Morgan fingerprint density at radius 1 is 1.44 bits per heavy atom. The predicted octanol–water partition coefficient (Wildman–Crippen LogP) is 1.45. The molecule has 0 saturated carbocycles. The van der Waals surface area contributed by atoms with Crippen LogP contribution in [0, 0.1) is 0 Å². The lowest BCUT2D eigenvalue weighted by Crippen LogP contribution is -2.42. The van der Waals surface area contributed by atoms with Crippen LogP contribution in [0.2, 0.25) is 0 Å². The van der Waals surface area contributed by atoms with Gasteiger partial charge in [-0.1, -0.05) is 6.42 Å². The van der Waals surface area contributed by atoms with E-state index in [4.69, 9.17) is 4.74 Å². The Morgan fingerprint density at radius 2 is 2.33 bits per heavy atom. The van der Waals surface area contributed by atoms with E-state index in [0.717, 1.165) is 18.9 Å².